The first-order chi connectivity index (χ1) is 18.7. The Morgan fingerprint density at radius 3 is 1.87 bits per heavy atom. The Balaban J connectivity index is 1.39. The number of ether oxygens (including phenoxy) is 2. The number of hydrogen-bond donors (Lipinski definition) is 0. The number of aryl methyl sites for hydroxylation is 1. The molecule has 0 aliphatic rings. The highest BCUT2D eigenvalue weighted by atomic mass is 32.1. The summed E-state index contributed by atoms with van der Waals surface area (Å²) >= 11 is 1.86. The van der Waals surface area contributed by atoms with Crippen LogP contribution in [-0.4, -0.2) is 12.6 Å². The van der Waals surface area contributed by atoms with Crippen molar-refractivity contribution in [2.45, 2.75) is 104 Å². The molecule has 0 spiro atoms. The fourth-order valence-corrected chi connectivity index (χ4v) is 5.59. The molecule has 0 bridgehead atoms. The zero-order chi connectivity index (χ0) is 26.8. The van der Waals surface area contributed by atoms with Crippen LogP contribution in [0.2, 0.25) is 0 Å². The molecule has 2 aromatic carbocycles. The molecule has 0 atom stereocenters. The van der Waals surface area contributed by atoms with Crippen LogP contribution in [0.25, 0.3) is 10.4 Å². The van der Waals surface area contributed by atoms with E-state index >= 15 is 0 Å². The Kier molecular flexibility index (Phi) is 14.1. The van der Waals surface area contributed by atoms with Gasteiger partial charge in [-0.3, -0.25) is 0 Å². The largest absolute Gasteiger partial charge is 0.494 e. The predicted molar refractivity (Wildman–Crippen MR) is 162 cm³/mol. The summed E-state index contributed by atoms with van der Waals surface area (Å²) in [4.78, 5) is 15.3. The summed E-state index contributed by atoms with van der Waals surface area (Å²) in [6.45, 7) is 5.21. The Morgan fingerprint density at radius 2 is 1.21 bits per heavy atom. The van der Waals surface area contributed by atoms with Crippen LogP contribution in [0, 0.1) is 0 Å². The van der Waals surface area contributed by atoms with Crippen molar-refractivity contribution in [1.82, 2.24) is 0 Å². The van der Waals surface area contributed by atoms with Crippen LogP contribution in [0.3, 0.4) is 0 Å². The van der Waals surface area contributed by atoms with Gasteiger partial charge in [0.2, 0.25) is 0 Å². The predicted octanol–water partition coefficient (Wildman–Crippen LogP) is 10.7. The van der Waals surface area contributed by atoms with E-state index in [1.807, 2.05) is 47.7 Å². The van der Waals surface area contributed by atoms with Crippen molar-refractivity contribution >= 4 is 17.3 Å². The molecule has 0 saturated carbocycles. The van der Waals surface area contributed by atoms with Gasteiger partial charge in [0.1, 0.15) is 11.5 Å². The van der Waals surface area contributed by atoms with Crippen molar-refractivity contribution in [3.63, 3.8) is 0 Å². The van der Waals surface area contributed by atoms with E-state index in [0.717, 1.165) is 30.8 Å². The first kappa shape index (κ1) is 30.0. The molecule has 0 aliphatic carbocycles. The summed E-state index contributed by atoms with van der Waals surface area (Å²) in [6.07, 6.45) is 18.0. The SMILES string of the molecule is CCCCCCCCCCc1ccc(-c2ccc(C(=O)Oc3ccc(OCCCCCCC)cc3)cc2)s1. The van der Waals surface area contributed by atoms with Crippen LogP contribution in [0.4, 0.5) is 0 Å². The molecule has 0 radical (unpaired) electrons. The number of unbranched alkanes of at least 4 members (excludes halogenated alkanes) is 11. The third-order valence-electron chi connectivity index (χ3n) is 6.89. The normalized spacial score (nSPS) is 11.0. The fourth-order valence-electron chi connectivity index (χ4n) is 4.54. The molecule has 3 rings (SSSR count). The Hall–Kier alpha value is -2.59. The average molecular weight is 535 g/mol. The molecule has 0 fully saturated rings. The molecule has 206 valence electrons. The third kappa shape index (κ3) is 11.0. The van der Waals surface area contributed by atoms with Gasteiger partial charge in [0.15, 0.2) is 0 Å². The first-order valence-electron chi connectivity index (χ1n) is 14.8. The number of thiophene rings is 1. The van der Waals surface area contributed by atoms with Crippen LogP contribution >= 0.6 is 11.3 Å². The topological polar surface area (TPSA) is 35.5 Å². The lowest BCUT2D eigenvalue weighted by atomic mass is 10.1. The lowest BCUT2D eigenvalue weighted by Gasteiger charge is -2.08. The van der Waals surface area contributed by atoms with Crippen LogP contribution in [0.5, 0.6) is 11.5 Å². The summed E-state index contributed by atoms with van der Waals surface area (Å²) in [5.74, 6) is 0.989. The Bertz CT molecular complexity index is 1040. The summed E-state index contributed by atoms with van der Waals surface area (Å²) < 4.78 is 11.4. The van der Waals surface area contributed by atoms with Crippen molar-refractivity contribution in [3.8, 4) is 21.9 Å². The molecule has 1 aromatic heterocycles. The smallest absolute Gasteiger partial charge is 0.343 e. The minimum atomic E-state index is -0.345. The number of hydrogen-bond acceptors (Lipinski definition) is 4. The van der Waals surface area contributed by atoms with E-state index in [-0.39, 0.29) is 5.97 Å². The Labute approximate surface area is 234 Å². The highest BCUT2D eigenvalue weighted by Crippen LogP contribution is 2.30. The second-order valence-electron chi connectivity index (χ2n) is 10.2. The first-order valence-corrected chi connectivity index (χ1v) is 15.7. The second kappa shape index (κ2) is 17.8. The lowest BCUT2D eigenvalue weighted by Crippen LogP contribution is -2.08. The molecular weight excluding hydrogens is 488 g/mol. The fraction of sp³-hybridized carbons (Fsp3) is 0.500. The van der Waals surface area contributed by atoms with E-state index in [1.54, 1.807) is 12.1 Å². The van der Waals surface area contributed by atoms with Gasteiger partial charge in [-0.15, -0.1) is 11.3 Å². The maximum atomic E-state index is 12.6. The number of carbonyl (C=O) groups is 1. The monoisotopic (exact) mass is 534 g/mol. The molecular formula is C34H46O3S. The quantitative estimate of drug-likeness (QED) is 0.0871. The van der Waals surface area contributed by atoms with Gasteiger partial charge in [0.25, 0.3) is 0 Å². The molecule has 4 heteroatoms. The highest BCUT2D eigenvalue weighted by Gasteiger charge is 2.10. The molecule has 1 heterocycles. The number of benzene rings is 2. The molecule has 0 amide bonds. The molecule has 38 heavy (non-hydrogen) atoms. The third-order valence-corrected chi connectivity index (χ3v) is 8.09. The lowest BCUT2D eigenvalue weighted by molar-refractivity contribution is 0.0734. The zero-order valence-corrected chi connectivity index (χ0v) is 24.3. The van der Waals surface area contributed by atoms with Gasteiger partial charge in [-0.05, 0) is 73.4 Å². The molecule has 0 N–H and O–H groups in total. The minimum Gasteiger partial charge on any atom is -0.494 e. The van der Waals surface area contributed by atoms with E-state index in [1.165, 1.54) is 86.8 Å². The number of esters is 1. The standard InChI is InChI=1S/C34H46O3S/c1-3-5-7-9-10-11-12-14-16-32-25-26-33(38-32)28-17-19-29(20-18-28)34(35)37-31-23-21-30(22-24-31)36-27-15-13-8-6-4-2/h17-26H,3-16,27H2,1-2H3. The Morgan fingerprint density at radius 1 is 0.632 bits per heavy atom. The second-order valence-corrected chi connectivity index (χ2v) is 11.4. The van der Waals surface area contributed by atoms with E-state index in [2.05, 4.69) is 26.0 Å². The van der Waals surface area contributed by atoms with E-state index in [4.69, 9.17) is 9.47 Å². The summed E-state index contributed by atoms with van der Waals surface area (Å²) in [5, 5.41) is 0. The average Bonchev–Trinajstić information content (AvgIpc) is 3.42. The van der Waals surface area contributed by atoms with Crippen LogP contribution < -0.4 is 9.47 Å². The number of carbonyl (C=O) groups excluding carboxylic acids is 1. The number of rotatable bonds is 19. The maximum absolute atomic E-state index is 12.6. The van der Waals surface area contributed by atoms with Crippen LogP contribution in [0.15, 0.2) is 60.7 Å². The van der Waals surface area contributed by atoms with Crippen molar-refractivity contribution in [2.24, 2.45) is 0 Å². The van der Waals surface area contributed by atoms with Crippen molar-refractivity contribution in [3.05, 3.63) is 71.1 Å². The van der Waals surface area contributed by atoms with Crippen molar-refractivity contribution < 1.29 is 14.3 Å². The van der Waals surface area contributed by atoms with Gasteiger partial charge in [-0.25, -0.2) is 4.79 Å². The zero-order valence-electron chi connectivity index (χ0n) is 23.5. The summed E-state index contributed by atoms with van der Waals surface area (Å²) in [7, 11) is 0. The van der Waals surface area contributed by atoms with Gasteiger partial charge in [-0.2, -0.15) is 0 Å². The van der Waals surface area contributed by atoms with Gasteiger partial charge in [-0.1, -0.05) is 96.6 Å². The maximum Gasteiger partial charge on any atom is 0.343 e. The summed E-state index contributed by atoms with van der Waals surface area (Å²) in [6, 6.07) is 19.5. The van der Waals surface area contributed by atoms with Gasteiger partial charge in [0.05, 0.1) is 12.2 Å². The van der Waals surface area contributed by atoms with Crippen molar-refractivity contribution in [2.75, 3.05) is 6.61 Å². The van der Waals surface area contributed by atoms with Crippen molar-refractivity contribution in [1.29, 1.82) is 0 Å². The van der Waals surface area contributed by atoms with Gasteiger partial charge in [0, 0.05) is 9.75 Å². The van der Waals surface area contributed by atoms with Crippen LogP contribution in [0.1, 0.15) is 113 Å². The minimum absolute atomic E-state index is 0.345. The van der Waals surface area contributed by atoms with E-state index < -0.39 is 0 Å². The highest BCUT2D eigenvalue weighted by molar-refractivity contribution is 7.15. The van der Waals surface area contributed by atoms with E-state index in [0.29, 0.717) is 11.3 Å². The molecule has 3 aromatic rings. The molecule has 0 saturated heterocycles. The molecule has 0 aliphatic heterocycles. The molecule has 0 unspecified atom stereocenters. The van der Waals surface area contributed by atoms with Crippen LogP contribution in [-0.2, 0) is 6.42 Å². The summed E-state index contributed by atoms with van der Waals surface area (Å²) in [5.41, 5.74) is 1.70. The van der Waals surface area contributed by atoms with Gasteiger partial charge >= 0.3 is 5.97 Å². The molecule has 3 nitrogen and oxygen atoms in total. The van der Waals surface area contributed by atoms with E-state index in [9.17, 15) is 4.79 Å². The van der Waals surface area contributed by atoms with Gasteiger partial charge < -0.3 is 9.47 Å².